The Morgan fingerprint density at radius 1 is 1.31 bits per heavy atom. The molecule has 0 N–H and O–H groups in total. The summed E-state index contributed by atoms with van der Waals surface area (Å²) in [5.41, 5.74) is 0. The minimum Gasteiger partial charge on any atom is -0.466 e. The topological polar surface area (TPSA) is 26.3 Å². The van der Waals surface area contributed by atoms with Gasteiger partial charge in [-0.2, -0.15) is 0 Å². The van der Waals surface area contributed by atoms with Gasteiger partial charge in [0.15, 0.2) is 0 Å². The second-order valence-corrected chi connectivity index (χ2v) is 3.86. The van der Waals surface area contributed by atoms with E-state index < -0.39 is 0 Å². The fourth-order valence-electron chi connectivity index (χ4n) is 0.879. The smallest absolute Gasteiger partial charge is 0.302 e. The maximum Gasteiger partial charge on any atom is 0.302 e. The van der Waals surface area contributed by atoms with Gasteiger partial charge in [-0.1, -0.05) is 34.7 Å². The maximum absolute atomic E-state index is 10.4. The highest BCUT2D eigenvalue weighted by molar-refractivity contribution is 14.1. The lowest BCUT2D eigenvalue weighted by Gasteiger charge is -1.99. The van der Waals surface area contributed by atoms with E-state index in [4.69, 9.17) is 4.74 Å². The monoisotopic (exact) mass is 296 g/mol. The average molecular weight is 296 g/mol. The largest absolute Gasteiger partial charge is 0.466 e. The van der Waals surface area contributed by atoms with Crippen molar-refractivity contribution in [3.05, 3.63) is 12.2 Å². The third-order valence-electron chi connectivity index (χ3n) is 1.51. The molecule has 13 heavy (non-hydrogen) atoms. The average Bonchev–Trinajstić information content (AvgIpc) is 2.09. The van der Waals surface area contributed by atoms with E-state index in [0.29, 0.717) is 6.61 Å². The Morgan fingerprint density at radius 3 is 2.62 bits per heavy atom. The van der Waals surface area contributed by atoms with Gasteiger partial charge in [-0.25, -0.2) is 0 Å². The van der Waals surface area contributed by atoms with Crippen LogP contribution in [-0.2, 0) is 9.53 Å². The molecule has 0 aromatic heterocycles. The van der Waals surface area contributed by atoms with Crippen LogP contribution >= 0.6 is 22.6 Å². The SMILES string of the molecule is CC(=O)OCCCC/C=C\CCI. The van der Waals surface area contributed by atoms with Crippen molar-refractivity contribution in [1.82, 2.24) is 0 Å². The van der Waals surface area contributed by atoms with Crippen molar-refractivity contribution in [3.8, 4) is 0 Å². The van der Waals surface area contributed by atoms with Crippen molar-refractivity contribution in [2.24, 2.45) is 0 Å². The fraction of sp³-hybridized carbons (Fsp3) is 0.700. The van der Waals surface area contributed by atoms with Gasteiger partial charge < -0.3 is 4.74 Å². The number of allylic oxidation sites excluding steroid dienone is 2. The lowest BCUT2D eigenvalue weighted by Crippen LogP contribution is -1.99. The second-order valence-electron chi connectivity index (χ2n) is 2.78. The molecular formula is C10H17IO2. The number of rotatable bonds is 7. The molecule has 0 saturated heterocycles. The quantitative estimate of drug-likeness (QED) is 0.237. The van der Waals surface area contributed by atoms with Crippen LogP contribution in [0.1, 0.15) is 32.6 Å². The van der Waals surface area contributed by atoms with Gasteiger partial charge in [0.05, 0.1) is 6.61 Å². The van der Waals surface area contributed by atoms with Gasteiger partial charge in [0.2, 0.25) is 0 Å². The number of ether oxygens (including phenoxy) is 1. The van der Waals surface area contributed by atoms with Gasteiger partial charge >= 0.3 is 5.97 Å². The molecular weight excluding hydrogens is 279 g/mol. The first kappa shape index (κ1) is 12.9. The van der Waals surface area contributed by atoms with Gasteiger partial charge in [0.1, 0.15) is 0 Å². The van der Waals surface area contributed by atoms with Crippen LogP contribution in [0.4, 0.5) is 0 Å². The molecule has 0 saturated carbocycles. The third kappa shape index (κ3) is 11.9. The molecule has 0 aliphatic rings. The highest BCUT2D eigenvalue weighted by Gasteiger charge is 1.91. The predicted octanol–water partition coefficient (Wildman–Crippen LogP) is 3.10. The van der Waals surface area contributed by atoms with E-state index in [2.05, 4.69) is 34.7 Å². The van der Waals surface area contributed by atoms with Crippen LogP contribution < -0.4 is 0 Å². The first-order valence-corrected chi connectivity index (χ1v) is 6.14. The number of carbonyl (C=O) groups is 1. The number of hydrogen-bond donors (Lipinski definition) is 0. The molecule has 0 spiro atoms. The van der Waals surface area contributed by atoms with Gasteiger partial charge in [-0.15, -0.1) is 0 Å². The zero-order valence-electron chi connectivity index (χ0n) is 8.09. The molecule has 0 bridgehead atoms. The minimum absolute atomic E-state index is 0.180. The molecule has 0 radical (unpaired) electrons. The van der Waals surface area contributed by atoms with Crippen LogP contribution in [0.5, 0.6) is 0 Å². The van der Waals surface area contributed by atoms with Gasteiger partial charge in [0, 0.05) is 11.4 Å². The van der Waals surface area contributed by atoms with Gasteiger partial charge in [-0.05, 0) is 25.7 Å². The molecule has 0 rings (SSSR count). The van der Waals surface area contributed by atoms with Crippen molar-refractivity contribution in [3.63, 3.8) is 0 Å². The van der Waals surface area contributed by atoms with Crippen molar-refractivity contribution >= 4 is 28.6 Å². The standard InChI is InChI=1S/C10H17IO2/c1-10(12)13-9-7-5-3-2-4-6-8-11/h2,4H,3,5-9H2,1H3/b4-2-. The van der Waals surface area contributed by atoms with Crippen LogP contribution in [0.25, 0.3) is 0 Å². The summed E-state index contributed by atoms with van der Waals surface area (Å²) in [6.07, 6.45) is 8.73. The van der Waals surface area contributed by atoms with Crippen LogP contribution in [0.3, 0.4) is 0 Å². The van der Waals surface area contributed by atoms with E-state index in [0.717, 1.165) is 25.7 Å². The normalized spacial score (nSPS) is 10.6. The zero-order chi connectivity index (χ0) is 9.94. The minimum atomic E-state index is -0.180. The number of halogens is 1. The predicted molar refractivity (Wildman–Crippen MR) is 63.1 cm³/mol. The number of esters is 1. The van der Waals surface area contributed by atoms with Crippen LogP contribution in [0, 0.1) is 0 Å². The van der Waals surface area contributed by atoms with Gasteiger partial charge in [0.25, 0.3) is 0 Å². The summed E-state index contributed by atoms with van der Waals surface area (Å²) in [6.45, 7) is 2.01. The van der Waals surface area contributed by atoms with Crippen molar-refractivity contribution < 1.29 is 9.53 Å². The molecule has 0 aromatic rings. The maximum atomic E-state index is 10.4. The molecule has 76 valence electrons. The van der Waals surface area contributed by atoms with Crippen molar-refractivity contribution in [2.75, 3.05) is 11.0 Å². The lowest BCUT2D eigenvalue weighted by molar-refractivity contribution is -0.141. The van der Waals surface area contributed by atoms with E-state index in [1.807, 2.05) is 0 Å². The third-order valence-corrected chi connectivity index (χ3v) is 2.14. The molecule has 0 aliphatic carbocycles. The summed E-state index contributed by atoms with van der Waals surface area (Å²) in [5, 5.41) is 0. The molecule has 0 aromatic carbocycles. The zero-order valence-corrected chi connectivity index (χ0v) is 10.2. The van der Waals surface area contributed by atoms with Crippen molar-refractivity contribution in [2.45, 2.75) is 32.6 Å². The van der Waals surface area contributed by atoms with E-state index in [1.165, 1.54) is 11.4 Å². The van der Waals surface area contributed by atoms with Crippen molar-refractivity contribution in [1.29, 1.82) is 0 Å². The molecule has 0 aliphatic heterocycles. The molecule has 0 heterocycles. The lowest BCUT2D eigenvalue weighted by atomic mass is 10.2. The van der Waals surface area contributed by atoms with Crippen LogP contribution in [0.15, 0.2) is 12.2 Å². The molecule has 0 amide bonds. The highest BCUT2D eigenvalue weighted by Crippen LogP contribution is 1.99. The molecule has 0 atom stereocenters. The summed E-state index contributed by atoms with van der Waals surface area (Å²) in [5.74, 6) is -0.180. The van der Waals surface area contributed by atoms with E-state index in [1.54, 1.807) is 0 Å². The first-order valence-electron chi connectivity index (χ1n) is 4.61. The molecule has 0 unspecified atom stereocenters. The summed E-state index contributed by atoms with van der Waals surface area (Å²) in [6, 6.07) is 0. The number of unbranched alkanes of at least 4 members (excludes halogenated alkanes) is 2. The number of hydrogen-bond acceptors (Lipinski definition) is 2. The summed E-state index contributed by atoms with van der Waals surface area (Å²) < 4.78 is 5.99. The Kier molecular flexibility index (Phi) is 9.98. The number of carbonyl (C=O) groups excluding carboxylic acids is 1. The molecule has 2 nitrogen and oxygen atoms in total. The molecule has 0 fully saturated rings. The Morgan fingerprint density at radius 2 is 2.00 bits per heavy atom. The van der Waals surface area contributed by atoms with E-state index in [-0.39, 0.29) is 5.97 Å². The van der Waals surface area contributed by atoms with Gasteiger partial charge in [-0.3, -0.25) is 4.79 Å². The Bertz CT molecular complexity index is 155. The Balaban J connectivity index is 3.03. The number of alkyl halides is 1. The van der Waals surface area contributed by atoms with Crippen LogP contribution in [0.2, 0.25) is 0 Å². The Hall–Kier alpha value is -0.0600. The highest BCUT2D eigenvalue weighted by atomic mass is 127. The second kappa shape index (κ2) is 10.0. The van der Waals surface area contributed by atoms with E-state index in [9.17, 15) is 4.79 Å². The van der Waals surface area contributed by atoms with E-state index >= 15 is 0 Å². The fourth-order valence-corrected chi connectivity index (χ4v) is 1.24. The summed E-state index contributed by atoms with van der Waals surface area (Å²) in [4.78, 5) is 10.4. The molecule has 3 heteroatoms. The Labute approximate surface area is 93.9 Å². The first-order chi connectivity index (χ1) is 6.27. The summed E-state index contributed by atoms with van der Waals surface area (Å²) >= 11 is 2.36. The summed E-state index contributed by atoms with van der Waals surface area (Å²) in [7, 11) is 0. The van der Waals surface area contributed by atoms with Crippen LogP contribution in [-0.4, -0.2) is 17.0 Å².